The minimum absolute atomic E-state index is 0.116. The van der Waals surface area contributed by atoms with Crippen molar-refractivity contribution in [2.45, 2.75) is 13.0 Å². The molecule has 0 unspecified atom stereocenters. The molecule has 5 nitrogen and oxygen atoms in total. The molecule has 76 valence electrons. The van der Waals surface area contributed by atoms with Gasteiger partial charge in [0.05, 0.1) is 4.92 Å². The Morgan fingerprint density at radius 2 is 2.21 bits per heavy atom. The van der Waals surface area contributed by atoms with Crippen LogP contribution >= 0.6 is 0 Å². The lowest BCUT2D eigenvalue weighted by Gasteiger charge is -2.11. The Morgan fingerprint density at radius 1 is 1.57 bits per heavy atom. The Balaban J connectivity index is 3.20. The van der Waals surface area contributed by atoms with Crippen molar-refractivity contribution in [3.63, 3.8) is 0 Å². The monoisotopic (exact) mass is 196 g/mol. The Morgan fingerprint density at radius 3 is 2.71 bits per heavy atom. The van der Waals surface area contributed by atoms with Crippen molar-refractivity contribution >= 4 is 5.69 Å². The van der Waals surface area contributed by atoms with Crippen LogP contribution in [-0.4, -0.2) is 17.1 Å². The minimum atomic E-state index is -0.596. The number of aromatic hydroxyl groups is 1. The standard InChI is InChI=1S/C9H12N2O3/c1-6(10-2)7-4-3-5-8(9(7)12)11(13)14/h3-6,10,12H,1-2H3/t6-/m0/s1. The number of hydrogen-bond donors (Lipinski definition) is 2. The third-order valence-electron chi connectivity index (χ3n) is 2.14. The lowest BCUT2D eigenvalue weighted by molar-refractivity contribution is -0.386. The van der Waals surface area contributed by atoms with E-state index in [1.165, 1.54) is 6.07 Å². The Kier molecular flexibility index (Phi) is 3.03. The first-order valence-corrected chi connectivity index (χ1v) is 4.21. The lowest BCUT2D eigenvalue weighted by Crippen LogP contribution is -2.12. The second kappa shape index (κ2) is 4.06. The highest BCUT2D eigenvalue weighted by Crippen LogP contribution is 2.32. The van der Waals surface area contributed by atoms with E-state index in [-0.39, 0.29) is 17.5 Å². The van der Waals surface area contributed by atoms with Crippen LogP contribution in [-0.2, 0) is 0 Å². The maximum absolute atomic E-state index is 10.5. The molecular formula is C9H12N2O3. The van der Waals surface area contributed by atoms with Crippen LogP contribution in [0.3, 0.4) is 0 Å². The zero-order valence-electron chi connectivity index (χ0n) is 8.02. The molecule has 1 rings (SSSR count). The smallest absolute Gasteiger partial charge is 0.311 e. The molecule has 5 heteroatoms. The van der Waals surface area contributed by atoms with Gasteiger partial charge in [-0.25, -0.2) is 0 Å². The maximum atomic E-state index is 10.5. The zero-order chi connectivity index (χ0) is 10.7. The Bertz CT molecular complexity index is 352. The summed E-state index contributed by atoms with van der Waals surface area (Å²) in [4.78, 5) is 9.91. The van der Waals surface area contributed by atoms with E-state index in [0.29, 0.717) is 5.56 Å². The SMILES string of the molecule is CN[C@@H](C)c1cccc([N+](=O)[O-])c1O. The van der Waals surface area contributed by atoms with E-state index in [1.807, 2.05) is 6.92 Å². The topological polar surface area (TPSA) is 75.4 Å². The van der Waals surface area contributed by atoms with Gasteiger partial charge in [-0.3, -0.25) is 10.1 Å². The van der Waals surface area contributed by atoms with E-state index in [1.54, 1.807) is 19.2 Å². The summed E-state index contributed by atoms with van der Waals surface area (Å²) in [5, 5.41) is 23.0. The van der Waals surface area contributed by atoms with Gasteiger partial charge in [-0.15, -0.1) is 0 Å². The van der Waals surface area contributed by atoms with Gasteiger partial charge in [0.15, 0.2) is 5.75 Å². The molecule has 0 spiro atoms. The molecule has 1 aromatic rings. The van der Waals surface area contributed by atoms with Crippen LogP contribution in [0.1, 0.15) is 18.5 Å². The van der Waals surface area contributed by atoms with Crippen LogP contribution in [0.2, 0.25) is 0 Å². The quantitative estimate of drug-likeness (QED) is 0.568. The summed E-state index contributed by atoms with van der Waals surface area (Å²) in [5.74, 6) is -0.264. The molecule has 0 aliphatic carbocycles. The molecule has 0 aliphatic heterocycles. The number of nitro groups is 1. The van der Waals surface area contributed by atoms with E-state index in [2.05, 4.69) is 5.32 Å². The minimum Gasteiger partial charge on any atom is -0.502 e. The molecule has 2 N–H and O–H groups in total. The van der Waals surface area contributed by atoms with E-state index >= 15 is 0 Å². The van der Waals surface area contributed by atoms with Gasteiger partial charge >= 0.3 is 5.69 Å². The molecule has 1 atom stereocenters. The maximum Gasteiger partial charge on any atom is 0.311 e. The summed E-state index contributed by atoms with van der Waals surface area (Å²) in [6.07, 6.45) is 0. The normalized spacial score (nSPS) is 12.4. The third kappa shape index (κ3) is 1.82. The number of hydrogen-bond acceptors (Lipinski definition) is 4. The number of nitrogens with one attached hydrogen (secondary N) is 1. The van der Waals surface area contributed by atoms with Crippen LogP contribution in [0, 0.1) is 10.1 Å². The molecule has 0 saturated heterocycles. The van der Waals surface area contributed by atoms with Gasteiger partial charge in [0.1, 0.15) is 0 Å². The summed E-state index contributed by atoms with van der Waals surface area (Å²) in [5.41, 5.74) is 0.270. The fraction of sp³-hybridized carbons (Fsp3) is 0.333. The first-order chi connectivity index (χ1) is 6.57. The predicted octanol–water partition coefficient (Wildman–Crippen LogP) is 1.58. The predicted molar refractivity (Wildman–Crippen MR) is 52.2 cm³/mol. The first kappa shape index (κ1) is 10.5. The number of nitro benzene ring substituents is 1. The number of benzene rings is 1. The van der Waals surface area contributed by atoms with Crippen molar-refractivity contribution in [2.24, 2.45) is 0 Å². The van der Waals surface area contributed by atoms with Crippen LogP contribution in [0.4, 0.5) is 5.69 Å². The molecule has 0 radical (unpaired) electrons. The van der Waals surface area contributed by atoms with Gasteiger partial charge in [-0.1, -0.05) is 12.1 Å². The van der Waals surface area contributed by atoms with Crippen molar-refractivity contribution in [2.75, 3.05) is 7.05 Å². The third-order valence-corrected chi connectivity index (χ3v) is 2.14. The number of rotatable bonds is 3. The molecule has 14 heavy (non-hydrogen) atoms. The average molecular weight is 196 g/mol. The van der Waals surface area contributed by atoms with Crippen LogP contribution in [0.25, 0.3) is 0 Å². The van der Waals surface area contributed by atoms with Gasteiger partial charge in [-0.2, -0.15) is 0 Å². The number of phenols is 1. The molecule has 0 bridgehead atoms. The van der Waals surface area contributed by atoms with Crippen molar-refractivity contribution < 1.29 is 10.0 Å². The van der Waals surface area contributed by atoms with Gasteiger partial charge in [0, 0.05) is 17.7 Å². The number of para-hydroxylation sites is 1. The zero-order valence-corrected chi connectivity index (χ0v) is 8.02. The molecular weight excluding hydrogens is 184 g/mol. The summed E-state index contributed by atoms with van der Waals surface area (Å²) in [6.45, 7) is 1.82. The van der Waals surface area contributed by atoms with E-state index in [0.717, 1.165) is 0 Å². The molecule has 0 saturated carbocycles. The van der Waals surface area contributed by atoms with Crippen molar-refractivity contribution in [3.05, 3.63) is 33.9 Å². The summed E-state index contributed by atoms with van der Waals surface area (Å²) in [7, 11) is 1.73. The second-order valence-corrected chi connectivity index (χ2v) is 2.98. The number of phenolic OH excluding ortho intramolecular Hbond substituents is 1. The first-order valence-electron chi connectivity index (χ1n) is 4.21. The largest absolute Gasteiger partial charge is 0.502 e. The highest BCUT2D eigenvalue weighted by atomic mass is 16.6. The Hall–Kier alpha value is -1.62. The van der Waals surface area contributed by atoms with Crippen LogP contribution < -0.4 is 5.32 Å². The highest BCUT2D eigenvalue weighted by Gasteiger charge is 2.18. The molecule has 0 aliphatic rings. The van der Waals surface area contributed by atoms with E-state index in [4.69, 9.17) is 0 Å². The molecule has 1 aromatic carbocycles. The van der Waals surface area contributed by atoms with Crippen molar-refractivity contribution in [1.82, 2.24) is 5.32 Å². The highest BCUT2D eigenvalue weighted by molar-refractivity contribution is 5.51. The van der Waals surface area contributed by atoms with Gasteiger partial charge < -0.3 is 10.4 Å². The number of nitrogens with zero attached hydrogens (tertiary/aromatic N) is 1. The fourth-order valence-corrected chi connectivity index (χ4v) is 1.20. The van der Waals surface area contributed by atoms with Crippen LogP contribution in [0.15, 0.2) is 18.2 Å². The van der Waals surface area contributed by atoms with Crippen LogP contribution in [0.5, 0.6) is 5.75 Å². The van der Waals surface area contributed by atoms with Crippen molar-refractivity contribution in [3.8, 4) is 5.75 Å². The Labute approximate surface area is 81.5 Å². The average Bonchev–Trinajstić information content (AvgIpc) is 2.16. The van der Waals surface area contributed by atoms with E-state index in [9.17, 15) is 15.2 Å². The lowest BCUT2D eigenvalue weighted by atomic mass is 10.1. The van der Waals surface area contributed by atoms with Crippen molar-refractivity contribution in [1.29, 1.82) is 0 Å². The summed E-state index contributed by atoms with van der Waals surface area (Å²) >= 11 is 0. The summed E-state index contributed by atoms with van der Waals surface area (Å²) in [6, 6.07) is 4.38. The molecule has 0 fully saturated rings. The van der Waals surface area contributed by atoms with Gasteiger partial charge in [-0.05, 0) is 14.0 Å². The molecule has 0 aromatic heterocycles. The fourth-order valence-electron chi connectivity index (χ4n) is 1.20. The van der Waals surface area contributed by atoms with Gasteiger partial charge in [0.25, 0.3) is 0 Å². The van der Waals surface area contributed by atoms with E-state index < -0.39 is 4.92 Å². The molecule has 0 heterocycles. The van der Waals surface area contributed by atoms with Gasteiger partial charge in [0.2, 0.25) is 0 Å². The summed E-state index contributed by atoms with van der Waals surface area (Å²) < 4.78 is 0. The molecule has 0 amide bonds. The second-order valence-electron chi connectivity index (χ2n) is 2.98.